The van der Waals surface area contributed by atoms with Gasteiger partial charge in [-0.2, -0.15) is 0 Å². The van der Waals surface area contributed by atoms with Crippen LogP contribution in [0.2, 0.25) is 0 Å². The summed E-state index contributed by atoms with van der Waals surface area (Å²) in [7, 11) is -1.09. The Bertz CT molecular complexity index is 342. The van der Waals surface area contributed by atoms with Gasteiger partial charge in [0.1, 0.15) is 0 Å². The van der Waals surface area contributed by atoms with Gasteiger partial charge in [-0.1, -0.05) is 6.42 Å². The van der Waals surface area contributed by atoms with Crippen LogP contribution in [0.15, 0.2) is 0 Å². The van der Waals surface area contributed by atoms with Crippen molar-refractivity contribution in [1.82, 2.24) is 5.32 Å². The van der Waals surface area contributed by atoms with Crippen molar-refractivity contribution in [3.05, 3.63) is 0 Å². The van der Waals surface area contributed by atoms with E-state index < -0.39 is 9.84 Å². The number of hydrogen-bond donors (Lipinski definition) is 1. The Morgan fingerprint density at radius 2 is 2.18 bits per heavy atom. The minimum absolute atomic E-state index is 0.0793. The summed E-state index contributed by atoms with van der Waals surface area (Å²) >= 11 is 0. The predicted molar refractivity (Wildman–Crippen MR) is 67.8 cm³/mol. The zero-order chi connectivity index (χ0) is 12.3. The molecule has 0 radical (unpaired) electrons. The van der Waals surface area contributed by atoms with E-state index in [1.165, 1.54) is 0 Å². The molecule has 2 aliphatic heterocycles. The summed E-state index contributed by atoms with van der Waals surface area (Å²) in [6.07, 6.45) is 4.70. The second-order valence-corrected chi connectivity index (χ2v) is 7.78. The number of nitrogens with one attached hydrogen (secondary N) is 1. The fourth-order valence-electron chi connectivity index (χ4n) is 3.07. The van der Waals surface area contributed by atoms with Crippen molar-refractivity contribution >= 4 is 9.84 Å². The SMILES string of the molecule is COCC1CC(CC2CCCCS2(=O)=O)CN1. The molecule has 2 fully saturated rings. The molecule has 2 aliphatic rings. The van der Waals surface area contributed by atoms with E-state index >= 15 is 0 Å². The third kappa shape index (κ3) is 3.42. The Labute approximate surface area is 104 Å². The van der Waals surface area contributed by atoms with Crippen molar-refractivity contribution < 1.29 is 13.2 Å². The van der Waals surface area contributed by atoms with Crippen LogP contribution in [0.1, 0.15) is 32.1 Å². The summed E-state index contributed by atoms with van der Waals surface area (Å²) in [5, 5.41) is 3.33. The number of methoxy groups -OCH3 is 1. The Balaban J connectivity index is 1.85. The molecule has 2 rings (SSSR count). The molecule has 0 aromatic carbocycles. The average Bonchev–Trinajstić information content (AvgIpc) is 2.70. The lowest BCUT2D eigenvalue weighted by Crippen LogP contribution is -2.30. The second-order valence-electron chi connectivity index (χ2n) is 5.38. The number of sulfone groups is 1. The van der Waals surface area contributed by atoms with E-state index in [1.807, 2.05) is 0 Å². The zero-order valence-electron chi connectivity index (χ0n) is 10.5. The first kappa shape index (κ1) is 13.3. The summed E-state index contributed by atoms with van der Waals surface area (Å²) in [4.78, 5) is 0. The summed E-state index contributed by atoms with van der Waals surface area (Å²) in [6, 6.07) is 0.413. The molecular formula is C12H23NO3S. The Hall–Kier alpha value is -0.130. The standard InChI is InChI=1S/C12H23NO3S/c1-16-9-11-6-10(8-13-11)7-12-4-2-3-5-17(12,14)15/h10-13H,2-9H2,1H3. The Morgan fingerprint density at radius 1 is 1.35 bits per heavy atom. The first-order chi connectivity index (χ1) is 8.12. The predicted octanol–water partition coefficient (Wildman–Crippen LogP) is 0.968. The molecule has 100 valence electrons. The highest BCUT2D eigenvalue weighted by molar-refractivity contribution is 7.92. The van der Waals surface area contributed by atoms with Crippen LogP contribution >= 0.6 is 0 Å². The normalized spacial score (nSPS) is 37.1. The molecular weight excluding hydrogens is 238 g/mol. The highest BCUT2D eigenvalue weighted by Crippen LogP contribution is 2.28. The monoisotopic (exact) mass is 261 g/mol. The van der Waals surface area contributed by atoms with Crippen molar-refractivity contribution in [2.75, 3.05) is 26.0 Å². The van der Waals surface area contributed by atoms with Gasteiger partial charge in [-0.25, -0.2) is 8.42 Å². The number of hydrogen-bond acceptors (Lipinski definition) is 4. The van der Waals surface area contributed by atoms with Gasteiger partial charge in [0.05, 0.1) is 17.6 Å². The first-order valence-electron chi connectivity index (χ1n) is 6.55. The molecule has 0 bridgehead atoms. The van der Waals surface area contributed by atoms with E-state index in [9.17, 15) is 8.42 Å². The lowest BCUT2D eigenvalue weighted by atomic mass is 9.97. The molecule has 17 heavy (non-hydrogen) atoms. The molecule has 1 N–H and O–H groups in total. The molecule has 0 amide bonds. The van der Waals surface area contributed by atoms with Gasteiger partial charge >= 0.3 is 0 Å². The molecule has 0 saturated carbocycles. The van der Waals surface area contributed by atoms with Crippen molar-refractivity contribution in [1.29, 1.82) is 0 Å². The average molecular weight is 261 g/mol. The van der Waals surface area contributed by atoms with E-state index in [1.54, 1.807) is 7.11 Å². The third-order valence-corrected chi connectivity index (χ3v) is 6.29. The maximum atomic E-state index is 11.9. The summed E-state index contributed by atoms with van der Waals surface area (Å²) in [5.41, 5.74) is 0. The van der Waals surface area contributed by atoms with Crippen LogP contribution in [0.4, 0.5) is 0 Å². The van der Waals surface area contributed by atoms with Crippen LogP contribution in [0, 0.1) is 5.92 Å². The van der Waals surface area contributed by atoms with E-state index in [-0.39, 0.29) is 5.25 Å². The summed E-state index contributed by atoms with van der Waals surface area (Å²) in [6.45, 7) is 1.67. The van der Waals surface area contributed by atoms with Gasteiger partial charge in [0.2, 0.25) is 0 Å². The van der Waals surface area contributed by atoms with Crippen LogP contribution in [-0.2, 0) is 14.6 Å². The molecule has 4 nitrogen and oxygen atoms in total. The fourth-order valence-corrected chi connectivity index (χ4v) is 5.10. The minimum Gasteiger partial charge on any atom is -0.383 e. The smallest absolute Gasteiger partial charge is 0.153 e. The second kappa shape index (κ2) is 5.67. The van der Waals surface area contributed by atoms with Gasteiger partial charge in [0.15, 0.2) is 9.84 Å². The van der Waals surface area contributed by atoms with Gasteiger partial charge in [0.25, 0.3) is 0 Å². The third-order valence-electron chi connectivity index (χ3n) is 3.99. The summed E-state index contributed by atoms with van der Waals surface area (Å²) in [5.74, 6) is 0.910. The minimum atomic E-state index is -2.80. The quantitative estimate of drug-likeness (QED) is 0.819. The van der Waals surface area contributed by atoms with Crippen LogP contribution in [0.5, 0.6) is 0 Å². The molecule has 0 aromatic heterocycles. The highest BCUT2D eigenvalue weighted by Gasteiger charge is 2.33. The molecule has 0 aliphatic carbocycles. The van der Waals surface area contributed by atoms with Gasteiger partial charge < -0.3 is 10.1 Å². The van der Waals surface area contributed by atoms with Crippen molar-refractivity contribution in [3.8, 4) is 0 Å². The lowest BCUT2D eigenvalue weighted by Gasteiger charge is -2.24. The topological polar surface area (TPSA) is 55.4 Å². The Morgan fingerprint density at radius 3 is 2.88 bits per heavy atom. The van der Waals surface area contributed by atoms with E-state index in [2.05, 4.69) is 5.32 Å². The van der Waals surface area contributed by atoms with E-state index in [0.29, 0.717) is 17.7 Å². The molecule has 0 spiro atoms. The number of ether oxygens (including phenoxy) is 1. The van der Waals surface area contributed by atoms with E-state index in [0.717, 1.165) is 45.3 Å². The van der Waals surface area contributed by atoms with Crippen LogP contribution in [0.25, 0.3) is 0 Å². The van der Waals surface area contributed by atoms with Crippen molar-refractivity contribution in [2.45, 2.75) is 43.4 Å². The fraction of sp³-hybridized carbons (Fsp3) is 1.00. The molecule has 3 unspecified atom stereocenters. The Kier molecular flexibility index (Phi) is 4.44. The van der Waals surface area contributed by atoms with Crippen LogP contribution in [-0.4, -0.2) is 45.7 Å². The largest absolute Gasteiger partial charge is 0.383 e. The van der Waals surface area contributed by atoms with Crippen molar-refractivity contribution in [2.24, 2.45) is 5.92 Å². The maximum absolute atomic E-state index is 11.9. The zero-order valence-corrected chi connectivity index (χ0v) is 11.3. The molecule has 3 atom stereocenters. The van der Waals surface area contributed by atoms with Gasteiger partial charge in [-0.15, -0.1) is 0 Å². The van der Waals surface area contributed by atoms with Gasteiger partial charge in [-0.05, 0) is 38.1 Å². The molecule has 2 saturated heterocycles. The molecule has 2 heterocycles. The summed E-state index contributed by atoms with van der Waals surface area (Å²) < 4.78 is 29.0. The maximum Gasteiger partial charge on any atom is 0.153 e. The van der Waals surface area contributed by atoms with E-state index in [4.69, 9.17) is 4.74 Å². The first-order valence-corrected chi connectivity index (χ1v) is 8.27. The highest BCUT2D eigenvalue weighted by atomic mass is 32.2. The molecule has 5 heteroatoms. The van der Waals surface area contributed by atoms with Crippen LogP contribution < -0.4 is 5.32 Å². The van der Waals surface area contributed by atoms with Gasteiger partial charge in [0, 0.05) is 13.2 Å². The van der Waals surface area contributed by atoms with Crippen LogP contribution in [0.3, 0.4) is 0 Å². The molecule has 0 aromatic rings. The number of rotatable bonds is 4. The van der Waals surface area contributed by atoms with Gasteiger partial charge in [-0.3, -0.25) is 0 Å². The lowest BCUT2D eigenvalue weighted by molar-refractivity contribution is 0.172. The van der Waals surface area contributed by atoms with Crippen molar-refractivity contribution in [3.63, 3.8) is 0 Å².